The molecule has 1 amide bonds. The number of carbonyl (C=O) groups is 2. The maximum absolute atomic E-state index is 12.0. The van der Waals surface area contributed by atoms with Gasteiger partial charge in [-0.25, -0.2) is 4.79 Å². The first-order valence-corrected chi connectivity index (χ1v) is 12.1. The number of azo groups is 1. The van der Waals surface area contributed by atoms with Crippen molar-refractivity contribution in [3.8, 4) is 11.5 Å². The molecule has 9 nitrogen and oxygen atoms in total. The number of carboxylic acids is 1. The van der Waals surface area contributed by atoms with Crippen molar-refractivity contribution < 1.29 is 24.2 Å². The quantitative estimate of drug-likeness (QED) is 0.210. The van der Waals surface area contributed by atoms with E-state index in [1.165, 1.54) is 0 Å². The number of rotatable bonds is 17. The number of nitrogens with one attached hydrogen (secondary N) is 1. The van der Waals surface area contributed by atoms with Gasteiger partial charge in [0.25, 0.3) is 0 Å². The Hall–Kier alpha value is -3.46. The average Bonchev–Trinajstić information content (AvgIpc) is 2.86. The molecular formula is C26H36N4O5. The van der Waals surface area contributed by atoms with Crippen LogP contribution in [0.15, 0.2) is 58.8 Å². The van der Waals surface area contributed by atoms with Crippen LogP contribution in [0.25, 0.3) is 0 Å². The average molecular weight is 485 g/mol. The molecule has 2 aromatic carbocycles. The first kappa shape index (κ1) is 27.8. The zero-order chi connectivity index (χ0) is 25.3. The smallest absolute Gasteiger partial charge is 0.326 e. The predicted molar refractivity (Wildman–Crippen MR) is 135 cm³/mol. The van der Waals surface area contributed by atoms with Crippen LogP contribution in [0, 0.1) is 0 Å². The number of carbonyl (C=O) groups excluding carboxylic acids is 1. The lowest BCUT2D eigenvalue weighted by atomic mass is 10.1. The molecule has 0 unspecified atom stereocenters. The molecule has 1 atom stereocenters. The Morgan fingerprint density at radius 2 is 1.43 bits per heavy atom. The summed E-state index contributed by atoms with van der Waals surface area (Å²) in [5.74, 6) is 0.145. The summed E-state index contributed by atoms with van der Waals surface area (Å²) >= 11 is 0. The molecule has 0 spiro atoms. The topological polar surface area (TPSA) is 136 Å². The van der Waals surface area contributed by atoms with Crippen LogP contribution in [0.3, 0.4) is 0 Å². The minimum Gasteiger partial charge on any atom is -0.494 e. The molecule has 0 aromatic heterocycles. The molecule has 2 aromatic rings. The summed E-state index contributed by atoms with van der Waals surface area (Å²) in [7, 11) is 0. The lowest BCUT2D eigenvalue weighted by Gasteiger charge is -2.14. The van der Waals surface area contributed by atoms with E-state index in [0.717, 1.165) is 30.7 Å². The molecule has 0 aliphatic carbocycles. The van der Waals surface area contributed by atoms with Gasteiger partial charge in [0, 0.05) is 6.42 Å². The molecule has 2 rings (SSSR count). The van der Waals surface area contributed by atoms with Crippen molar-refractivity contribution in [2.75, 3.05) is 19.8 Å². The normalized spacial score (nSPS) is 11.8. The molecule has 190 valence electrons. The molecule has 0 saturated carbocycles. The summed E-state index contributed by atoms with van der Waals surface area (Å²) in [6, 6.07) is 13.8. The van der Waals surface area contributed by atoms with E-state index in [1.54, 1.807) is 24.3 Å². The highest BCUT2D eigenvalue weighted by atomic mass is 16.5. The third kappa shape index (κ3) is 11.5. The highest BCUT2D eigenvalue weighted by Crippen LogP contribution is 2.23. The number of nitrogens with zero attached hydrogens (tertiary/aromatic N) is 2. The van der Waals surface area contributed by atoms with E-state index in [1.807, 2.05) is 24.3 Å². The van der Waals surface area contributed by atoms with E-state index in [-0.39, 0.29) is 12.3 Å². The van der Waals surface area contributed by atoms with Crippen molar-refractivity contribution in [1.82, 2.24) is 5.32 Å². The van der Waals surface area contributed by atoms with E-state index in [2.05, 4.69) is 22.5 Å². The number of unbranched alkanes of at least 4 members (excludes halogenated alkanes) is 2. The van der Waals surface area contributed by atoms with Crippen molar-refractivity contribution >= 4 is 23.3 Å². The molecule has 0 heterocycles. The van der Waals surface area contributed by atoms with Gasteiger partial charge in [-0.1, -0.05) is 13.3 Å². The standard InChI is InChI=1S/C26H36N4O5/c1-2-3-18-34-22-13-9-20(10-14-22)29-30-21-11-15-23(16-12-21)35-19-6-8-25(31)28-24(26(32)33)7-4-5-17-27/h9-16,24H,2-8,17-19,27H2,1H3,(H,28,31)(H,32,33)/t24-/m0/s1. The first-order chi connectivity index (χ1) is 17.0. The molecular weight excluding hydrogens is 448 g/mol. The number of ether oxygens (including phenoxy) is 2. The van der Waals surface area contributed by atoms with Crippen molar-refractivity contribution in [3.63, 3.8) is 0 Å². The fraction of sp³-hybridized carbons (Fsp3) is 0.462. The van der Waals surface area contributed by atoms with Crippen molar-refractivity contribution in [1.29, 1.82) is 0 Å². The summed E-state index contributed by atoms with van der Waals surface area (Å²) in [4.78, 5) is 23.3. The molecule has 9 heteroatoms. The molecule has 0 bridgehead atoms. The number of benzene rings is 2. The number of carboxylic acid groups (broad SMARTS) is 1. The maximum atomic E-state index is 12.0. The van der Waals surface area contributed by atoms with Crippen LogP contribution in [-0.2, 0) is 9.59 Å². The Kier molecular flexibility index (Phi) is 12.9. The molecule has 0 aliphatic rings. The number of hydrogen-bond acceptors (Lipinski definition) is 7. The Morgan fingerprint density at radius 3 is 1.91 bits per heavy atom. The van der Waals surface area contributed by atoms with Gasteiger partial charge in [-0.3, -0.25) is 4.79 Å². The fourth-order valence-corrected chi connectivity index (χ4v) is 3.11. The SMILES string of the molecule is CCCCOc1ccc(N=Nc2ccc(OCCCC(=O)N[C@@H](CCCCN)C(=O)O)cc2)cc1. The lowest BCUT2D eigenvalue weighted by Crippen LogP contribution is -2.40. The summed E-state index contributed by atoms with van der Waals surface area (Å²) < 4.78 is 11.3. The highest BCUT2D eigenvalue weighted by Gasteiger charge is 2.18. The van der Waals surface area contributed by atoms with Crippen LogP contribution in [0.4, 0.5) is 11.4 Å². The van der Waals surface area contributed by atoms with Gasteiger partial charge >= 0.3 is 5.97 Å². The van der Waals surface area contributed by atoms with Crippen molar-refractivity contribution in [2.24, 2.45) is 16.0 Å². The van der Waals surface area contributed by atoms with Gasteiger partial charge in [0.2, 0.25) is 5.91 Å². The third-order valence-electron chi connectivity index (χ3n) is 5.12. The Balaban J connectivity index is 1.70. The lowest BCUT2D eigenvalue weighted by molar-refractivity contribution is -0.142. The predicted octanol–water partition coefficient (Wildman–Crippen LogP) is 5.14. The van der Waals surface area contributed by atoms with Gasteiger partial charge in [0.05, 0.1) is 24.6 Å². The number of aliphatic carboxylic acids is 1. The van der Waals surface area contributed by atoms with Gasteiger partial charge in [-0.15, -0.1) is 0 Å². The minimum atomic E-state index is -1.03. The highest BCUT2D eigenvalue weighted by molar-refractivity contribution is 5.83. The van der Waals surface area contributed by atoms with Gasteiger partial charge < -0.3 is 25.6 Å². The molecule has 0 saturated heterocycles. The van der Waals surface area contributed by atoms with Gasteiger partial charge in [-0.2, -0.15) is 10.2 Å². The minimum absolute atomic E-state index is 0.190. The summed E-state index contributed by atoms with van der Waals surface area (Å²) in [6.45, 7) is 3.68. The molecule has 0 radical (unpaired) electrons. The summed E-state index contributed by atoms with van der Waals surface area (Å²) in [5.41, 5.74) is 6.85. The monoisotopic (exact) mass is 484 g/mol. The maximum Gasteiger partial charge on any atom is 0.326 e. The van der Waals surface area contributed by atoms with Crippen LogP contribution in [0.5, 0.6) is 11.5 Å². The van der Waals surface area contributed by atoms with Gasteiger partial charge in [0.1, 0.15) is 17.5 Å². The summed E-state index contributed by atoms with van der Waals surface area (Å²) in [6.07, 6.45) is 4.55. The number of nitrogens with two attached hydrogens (primary N) is 1. The summed E-state index contributed by atoms with van der Waals surface area (Å²) in [5, 5.41) is 20.2. The number of amides is 1. The third-order valence-corrected chi connectivity index (χ3v) is 5.12. The molecule has 4 N–H and O–H groups in total. The van der Waals surface area contributed by atoms with Crippen LogP contribution < -0.4 is 20.5 Å². The van der Waals surface area contributed by atoms with Crippen molar-refractivity contribution in [2.45, 2.75) is 57.9 Å². The van der Waals surface area contributed by atoms with Crippen LogP contribution in [0.1, 0.15) is 51.9 Å². The molecule has 0 fully saturated rings. The second kappa shape index (κ2) is 16.2. The Morgan fingerprint density at radius 1 is 0.886 bits per heavy atom. The van der Waals surface area contributed by atoms with E-state index < -0.39 is 12.0 Å². The second-order valence-electron chi connectivity index (χ2n) is 8.08. The van der Waals surface area contributed by atoms with E-state index in [0.29, 0.717) is 50.5 Å². The van der Waals surface area contributed by atoms with Crippen molar-refractivity contribution in [3.05, 3.63) is 48.5 Å². The second-order valence-corrected chi connectivity index (χ2v) is 8.08. The van der Waals surface area contributed by atoms with E-state index in [4.69, 9.17) is 15.2 Å². The zero-order valence-electron chi connectivity index (χ0n) is 20.3. The van der Waals surface area contributed by atoms with Crippen LogP contribution >= 0.6 is 0 Å². The van der Waals surface area contributed by atoms with E-state index >= 15 is 0 Å². The first-order valence-electron chi connectivity index (χ1n) is 12.1. The largest absolute Gasteiger partial charge is 0.494 e. The van der Waals surface area contributed by atoms with Gasteiger partial charge in [0.15, 0.2) is 0 Å². The van der Waals surface area contributed by atoms with E-state index in [9.17, 15) is 14.7 Å². The number of hydrogen-bond donors (Lipinski definition) is 3. The Labute approximate surface area is 206 Å². The van der Waals surface area contributed by atoms with Crippen LogP contribution in [-0.4, -0.2) is 42.8 Å². The fourth-order valence-electron chi connectivity index (χ4n) is 3.11. The van der Waals surface area contributed by atoms with Gasteiger partial charge in [-0.05, 0) is 87.2 Å². The molecule has 35 heavy (non-hydrogen) atoms. The molecule has 0 aliphatic heterocycles. The Bertz CT molecular complexity index is 916. The zero-order valence-corrected chi connectivity index (χ0v) is 20.3. The van der Waals surface area contributed by atoms with Crippen LogP contribution in [0.2, 0.25) is 0 Å².